The van der Waals surface area contributed by atoms with Crippen molar-refractivity contribution in [1.29, 1.82) is 0 Å². The molecule has 6 nitrogen and oxygen atoms in total. The highest BCUT2D eigenvalue weighted by atomic mass is 16.3. The van der Waals surface area contributed by atoms with Crippen molar-refractivity contribution in [2.45, 2.75) is 13.8 Å². The minimum absolute atomic E-state index is 0.154. The Morgan fingerprint density at radius 2 is 1.67 bits per heavy atom. The molecule has 0 rings (SSSR count). The molecule has 0 unspecified atom stereocenters. The molecule has 0 aromatic rings. The third-order valence-electron chi connectivity index (χ3n) is 1.07. The van der Waals surface area contributed by atoms with Crippen LogP contribution in [-0.2, 0) is 9.59 Å². The van der Waals surface area contributed by atoms with Gasteiger partial charge in [-0.15, -0.1) is 0 Å². The van der Waals surface area contributed by atoms with Crippen LogP contribution in [-0.4, -0.2) is 28.4 Å². The van der Waals surface area contributed by atoms with Gasteiger partial charge >= 0.3 is 0 Å². The fourth-order valence-corrected chi connectivity index (χ4v) is 0.607. The van der Waals surface area contributed by atoms with Gasteiger partial charge in [-0.05, 0) is 13.8 Å². The lowest BCUT2D eigenvalue weighted by atomic mass is 10.4. The van der Waals surface area contributed by atoms with Crippen molar-refractivity contribution in [3.63, 3.8) is 0 Å². The van der Waals surface area contributed by atoms with Gasteiger partial charge in [0.1, 0.15) is 0 Å². The SMILES string of the molecule is C/C(O)=C/C(=O)N=CNC(=O)/C=C(/C)O. The lowest BCUT2D eigenvalue weighted by Gasteiger charge is -1.92. The molecule has 0 heterocycles. The van der Waals surface area contributed by atoms with Crippen molar-refractivity contribution in [3.8, 4) is 0 Å². The zero-order chi connectivity index (χ0) is 11.8. The number of allylic oxidation sites excluding steroid dienone is 2. The zero-order valence-corrected chi connectivity index (χ0v) is 8.39. The number of carbonyl (C=O) groups is 2. The molecule has 3 N–H and O–H groups in total. The maximum absolute atomic E-state index is 10.8. The van der Waals surface area contributed by atoms with E-state index in [9.17, 15) is 9.59 Å². The summed E-state index contributed by atoms with van der Waals surface area (Å²) in [5, 5.41) is 19.5. The summed E-state index contributed by atoms with van der Waals surface area (Å²) in [6.07, 6.45) is 2.71. The van der Waals surface area contributed by atoms with Crippen molar-refractivity contribution in [2.24, 2.45) is 4.99 Å². The highest BCUT2D eigenvalue weighted by Crippen LogP contribution is 1.86. The summed E-state index contributed by atoms with van der Waals surface area (Å²) < 4.78 is 0. The fraction of sp³-hybridized carbons (Fsp3) is 0.222. The number of nitrogens with one attached hydrogen (secondary N) is 1. The first-order valence-electron chi connectivity index (χ1n) is 4.03. The first kappa shape index (κ1) is 12.9. The molecule has 0 atom stereocenters. The molecule has 0 aromatic heterocycles. The molecule has 0 aromatic carbocycles. The van der Waals surface area contributed by atoms with Crippen LogP contribution in [0, 0.1) is 0 Å². The molecule has 0 aliphatic rings. The molecule has 6 heteroatoms. The number of hydrogen-bond acceptors (Lipinski definition) is 4. The second kappa shape index (κ2) is 6.36. The smallest absolute Gasteiger partial charge is 0.274 e. The topological polar surface area (TPSA) is 99.0 Å². The Morgan fingerprint density at radius 3 is 2.13 bits per heavy atom. The van der Waals surface area contributed by atoms with Crippen molar-refractivity contribution in [1.82, 2.24) is 5.32 Å². The molecule has 0 fully saturated rings. The quantitative estimate of drug-likeness (QED) is 0.276. The predicted molar refractivity (Wildman–Crippen MR) is 54.4 cm³/mol. The van der Waals surface area contributed by atoms with E-state index in [2.05, 4.69) is 10.3 Å². The summed E-state index contributed by atoms with van der Waals surface area (Å²) in [6.45, 7) is 2.66. The molecule has 0 bridgehead atoms. The molecule has 82 valence electrons. The summed E-state index contributed by atoms with van der Waals surface area (Å²) >= 11 is 0. The van der Waals surface area contributed by atoms with Crippen molar-refractivity contribution < 1.29 is 19.8 Å². The van der Waals surface area contributed by atoms with E-state index in [0.717, 1.165) is 18.5 Å². The molecule has 0 saturated carbocycles. The van der Waals surface area contributed by atoms with E-state index < -0.39 is 11.8 Å². The number of hydrogen-bond donors (Lipinski definition) is 3. The van der Waals surface area contributed by atoms with Gasteiger partial charge in [0, 0.05) is 12.2 Å². The van der Waals surface area contributed by atoms with Crippen LogP contribution in [0.4, 0.5) is 0 Å². The van der Waals surface area contributed by atoms with E-state index >= 15 is 0 Å². The number of nitrogens with zero attached hydrogens (tertiary/aromatic N) is 1. The van der Waals surface area contributed by atoms with Crippen LogP contribution in [0.5, 0.6) is 0 Å². The Bertz CT molecular complexity index is 334. The highest BCUT2D eigenvalue weighted by Gasteiger charge is 1.95. The molecule has 2 amide bonds. The first-order valence-corrected chi connectivity index (χ1v) is 4.03. The number of aliphatic hydroxyl groups is 2. The minimum Gasteiger partial charge on any atom is -0.512 e. The van der Waals surface area contributed by atoms with Gasteiger partial charge in [-0.3, -0.25) is 9.59 Å². The number of rotatable bonds is 3. The van der Waals surface area contributed by atoms with Gasteiger partial charge in [-0.25, -0.2) is 0 Å². The maximum Gasteiger partial charge on any atom is 0.274 e. The zero-order valence-electron chi connectivity index (χ0n) is 8.39. The molecule has 0 aliphatic heterocycles. The van der Waals surface area contributed by atoms with Crippen LogP contribution >= 0.6 is 0 Å². The minimum atomic E-state index is -0.694. The summed E-state index contributed by atoms with van der Waals surface area (Å²) in [6, 6.07) is 0. The van der Waals surface area contributed by atoms with Crippen LogP contribution in [0.25, 0.3) is 0 Å². The Labute approximate surface area is 86.6 Å². The van der Waals surface area contributed by atoms with Crippen molar-refractivity contribution in [2.75, 3.05) is 0 Å². The van der Waals surface area contributed by atoms with Gasteiger partial charge in [-0.1, -0.05) is 0 Å². The largest absolute Gasteiger partial charge is 0.512 e. The van der Waals surface area contributed by atoms with E-state index in [1.54, 1.807) is 0 Å². The van der Waals surface area contributed by atoms with Gasteiger partial charge in [0.05, 0.1) is 17.9 Å². The standard InChI is InChI=1S/C9H12N2O4/c1-6(12)3-8(14)10-5-11-9(15)4-7(2)13/h3-5,12-13H,1-2H3,(H,10,11,14,15)/b6-3-,7-4-. The average molecular weight is 212 g/mol. The number of aliphatic hydroxyl groups excluding tert-OH is 2. The predicted octanol–water partition coefficient (Wildman–Crippen LogP) is 0.581. The van der Waals surface area contributed by atoms with Crippen LogP contribution < -0.4 is 5.32 Å². The summed E-state index contributed by atoms with van der Waals surface area (Å²) in [5.74, 6) is -1.62. The maximum atomic E-state index is 10.8. The number of carbonyl (C=O) groups excluding carboxylic acids is 2. The van der Waals surface area contributed by atoms with Crippen LogP contribution in [0.2, 0.25) is 0 Å². The van der Waals surface area contributed by atoms with Gasteiger partial charge in [0.2, 0.25) is 0 Å². The van der Waals surface area contributed by atoms with Gasteiger partial charge in [0.15, 0.2) is 0 Å². The Morgan fingerprint density at radius 1 is 1.13 bits per heavy atom. The molecule has 0 saturated heterocycles. The third kappa shape index (κ3) is 8.23. The Hall–Kier alpha value is -2.11. The second-order valence-electron chi connectivity index (χ2n) is 2.68. The Kier molecular flexibility index (Phi) is 5.47. The first-order chi connectivity index (χ1) is 6.91. The highest BCUT2D eigenvalue weighted by molar-refractivity contribution is 6.00. The van der Waals surface area contributed by atoms with E-state index in [4.69, 9.17) is 10.2 Å². The molecule has 0 spiro atoms. The molecule has 15 heavy (non-hydrogen) atoms. The lowest BCUT2D eigenvalue weighted by molar-refractivity contribution is -0.115. The van der Waals surface area contributed by atoms with Gasteiger partial charge < -0.3 is 15.5 Å². The summed E-state index contributed by atoms with van der Waals surface area (Å²) in [7, 11) is 0. The fourth-order valence-electron chi connectivity index (χ4n) is 0.607. The lowest BCUT2D eigenvalue weighted by Crippen LogP contribution is -2.19. The molecule has 0 radical (unpaired) electrons. The Balaban J connectivity index is 4.12. The number of amides is 2. The van der Waals surface area contributed by atoms with Crippen LogP contribution in [0.3, 0.4) is 0 Å². The van der Waals surface area contributed by atoms with Gasteiger partial charge in [-0.2, -0.15) is 4.99 Å². The molecule has 0 aliphatic carbocycles. The monoisotopic (exact) mass is 212 g/mol. The van der Waals surface area contributed by atoms with Crippen molar-refractivity contribution in [3.05, 3.63) is 23.7 Å². The van der Waals surface area contributed by atoms with Crippen LogP contribution in [0.15, 0.2) is 28.7 Å². The number of aliphatic imine (C=N–C) groups is 1. The second-order valence-corrected chi connectivity index (χ2v) is 2.68. The third-order valence-corrected chi connectivity index (χ3v) is 1.07. The molecular formula is C9H12N2O4. The summed E-state index contributed by atoms with van der Waals surface area (Å²) in [4.78, 5) is 24.9. The van der Waals surface area contributed by atoms with E-state index in [0.29, 0.717) is 0 Å². The van der Waals surface area contributed by atoms with E-state index in [-0.39, 0.29) is 11.5 Å². The van der Waals surface area contributed by atoms with E-state index in [1.165, 1.54) is 13.8 Å². The van der Waals surface area contributed by atoms with Gasteiger partial charge in [0.25, 0.3) is 11.8 Å². The van der Waals surface area contributed by atoms with Crippen molar-refractivity contribution >= 4 is 18.2 Å². The van der Waals surface area contributed by atoms with E-state index in [1.807, 2.05) is 0 Å². The summed E-state index contributed by atoms with van der Waals surface area (Å²) in [5.41, 5.74) is 0. The normalized spacial score (nSPS) is 12.9. The molecular weight excluding hydrogens is 200 g/mol. The average Bonchev–Trinajstić information content (AvgIpc) is 2.00. The van der Waals surface area contributed by atoms with Crippen LogP contribution in [0.1, 0.15) is 13.8 Å².